The first-order valence-electron chi connectivity index (χ1n) is 9.19. The zero-order chi connectivity index (χ0) is 18.1. The van der Waals surface area contributed by atoms with E-state index < -0.39 is 0 Å². The third-order valence-electron chi connectivity index (χ3n) is 5.63. The van der Waals surface area contributed by atoms with E-state index in [2.05, 4.69) is 34.5 Å². The molecule has 26 heavy (non-hydrogen) atoms. The Labute approximate surface area is 158 Å². The van der Waals surface area contributed by atoms with Gasteiger partial charge in [-0.3, -0.25) is 9.69 Å². The first-order valence-corrected chi connectivity index (χ1v) is 9.57. The molecule has 5 heteroatoms. The van der Waals surface area contributed by atoms with Gasteiger partial charge in [-0.05, 0) is 49.4 Å². The van der Waals surface area contributed by atoms with Gasteiger partial charge in [-0.15, -0.1) is 0 Å². The van der Waals surface area contributed by atoms with Crippen LogP contribution in [0.5, 0.6) is 5.75 Å². The number of aromatic hydroxyl groups is 1. The summed E-state index contributed by atoms with van der Waals surface area (Å²) < 4.78 is 0. The van der Waals surface area contributed by atoms with E-state index in [0.29, 0.717) is 17.1 Å². The Kier molecular flexibility index (Phi) is 4.88. The number of nitrogens with one attached hydrogen (secondary N) is 1. The second kappa shape index (κ2) is 7.29. The number of carbonyl (C=O) groups excluding carboxylic acids is 1. The molecule has 3 atom stereocenters. The van der Waals surface area contributed by atoms with Crippen molar-refractivity contribution in [3.8, 4) is 5.75 Å². The van der Waals surface area contributed by atoms with Crippen molar-refractivity contribution in [1.82, 2.24) is 10.2 Å². The number of rotatable bonds is 4. The van der Waals surface area contributed by atoms with Gasteiger partial charge in [-0.1, -0.05) is 41.9 Å². The number of halogens is 1. The average molecular weight is 371 g/mol. The van der Waals surface area contributed by atoms with Gasteiger partial charge in [0.05, 0.1) is 5.56 Å². The highest BCUT2D eigenvalue weighted by molar-refractivity contribution is 6.31. The van der Waals surface area contributed by atoms with Crippen molar-refractivity contribution >= 4 is 17.5 Å². The largest absolute Gasteiger partial charge is 0.507 e. The van der Waals surface area contributed by atoms with Crippen LogP contribution in [-0.2, 0) is 6.54 Å². The molecule has 4 rings (SSSR count). The maximum absolute atomic E-state index is 12.5. The molecule has 2 N–H and O–H groups in total. The van der Waals surface area contributed by atoms with E-state index in [4.69, 9.17) is 11.6 Å². The molecule has 2 aliphatic heterocycles. The molecule has 136 valence electrons. The fourth-order valence-electron chi connectivity index (χ4n) is 4.40. The molecular formula is C21H23ClN2O2. The summed E-state index contributed by atoms with van der Waals surface area (Å²) in [6, 6.07) is 16.3. The maximum Gasteiger partial charge on any atom is 0.255 e. The highest BCUT2D eigenvalue weighted by atomic mass is 35.5. The Balaban J connectivity index is 1.41. The summed E-state index contributed by atoms with van der Waals surface area (Å²) in [4.78, 5) is 15.1. The van der Waals surface area contributed by atoms with Crippen LogP contribution in [-0.4, -0.2) is 34.0 Å². The number of benzene rings is 2. The molecule has 1 amide bonds. The summed E-state index contributed by atoms with van der Waals surface area (Å²) in [6.45, 7) is 0.978. The summed E-state index contributed by atoms with van der Waals surface area (Å²) in [6.07, 6.45) is 4.28. The number of phenolic OH excluding ortho intramolecular Hbond substituents is 1. The molecule has 2 aromatic rings. The summed E-state index contributed by atoms with van der Waals surface area (Å²) in [5.41, 5.74) is 1.59. The first-order chi connectivity index (χ1) is 12.6. The van der Waals surface area contributed by atoms with Gasteiger partial charge in [-0.2, -0.15) is 0 Å². The number of piperidine rings is 1. The minimum atomic E-state index is -0.245. The van der Waals surface area contributed by atoms with Crippen molar-refractivity contribution in [2.45, 2.75) is 50.4 Å². The molecule has 0 spiro atoms. The molecule has 1 unspecified atom stereocenters. The van der Waals surface area contributed by atoms with Gasteiger partial charge in [0.1, 0.15) is 5.75 Å². The van der Waals surface area contributed by atoms with Gasteiger partial charge in [0.2, 0.25) is 0 Å². The van der Waals surface area contributed by atoms with Gasteiger partial charge in [0.15, 0.2) is 0 Å². The van der Waals surface area contributed by atoms with E-state index in [1.165, 1.54) is 30.5 Å². The monoisotopic (exact) mass is 370 g/mol. The predicted octanol–water partition coefficient (Wildman–Crippen LogP) is 3.97. The Morgan fingerprint density at radius 1 is 1.12 bits per heavy atom. The van der Waals surface area contributed by atoms with Crippen molar-refractivity contribution in [3.63, 3.8) is 0 Å². The third kappa shape index (κ3) is 3.57. The molecule has 2 heterocycles. The Morgan fingerprint density at radius 3 is 2.50 bits per heavy atom. The van der Waals surface area contributed by atoms with Gasteiger partial charge < -0.3 is 10.4 Å². The van der Waals surface area contributed by atoms with Gasteiger partial charge in [-0.25, -0.2) is 0 Å². The molecule has 0 aliphatic carbocycles. The maximum atomic E-state index is 12.5. The van der Waals surface area contributed by atoms with Crippen LogP contribution in [0.2, 0.25) is 5.02 Å². The minimum Gasteiger partial charge on any atom is -0.507 e. The summed E-state index contributed by atoms with van der Waals surface area (Å²) in [7, 11) is 0. The fraction of sp³-hybridized carbons (Fsp3) is 0.381. The zero-order valence-corrected chi connectivity index (χ0v) is 15.3. The van der Waals surface area contributed by atoms with Crippen LogP contribution in [0.3, 0.4) is 0 Å². The highest BCUT2D eigenvalue weighted by Gasteiger charge is 2.41. The van der Waals surface area contributed by atoms with Crippen LogP contribution >= 0.6 is 11.6 Å². The van der Waals surface area contributed by atoms with E-state index in [0.717, 1.165) is 19.4 Å². The molecule has 0 saturated carbocycles. The van der Waals surface area contributed by atoms with Crippen molar-refractivity contribution in [2.75, 3.05) is 0 Å². The molecule has 2 saturated heterocycles. The van der Waals surface area contributed by atoms with Crippen molar-refractivity contribution < 1.29 is 9.90 Å². The van der Waals surface area contributed by atoms with E-state index in [1.54, 1.807) is 6.07 Å². The Morgan fingerprint density at radius 2 is 1.81 bits per heavy atom. The van der Waals surface area contributed by atoms with Crippen LogP contribution < -0.4 is 5.32 Å². The number of amides is 1. The van der Waals surface area contributed by atoms with Crippen molar-refractivity contribution in [1.29, 1.82) is 0 Å². The van der Waals surface area contributed by atoms with Gasteiger partial charge in [0, 0.05) is 29.7 Å². The average Bonchev–Trinajstić information content (AvgIpc) is 2.87. The topological polar surface area (TPSA) is 52.6 Å². The van der Waals surface area contributed by atoms with E-state index in [1.807, 2.05) is 6.07 Å². The molecule has 2 fully saturated rings. The number of nitrogens with zero attached hydrogens (tertiary/aromatic N) is 1. The third-order valence-corrected chi connectivity index (χ3v) is 5.87. The van der Waals surface area contributed by atoms with Gasteiger partial charge >= 0.3 is 0 Å². The number of fused-ring (bicyclic) bond motifs is 2. The molecule has 2 bridgehead atoms. The number of hydrogen-bond donors (Lipinski definition) is 2. The molecule has 0 radical (unpaired) electrons. The molecule has 4 nitrogen and oxygen atoms in total. The summed E-state index contributed by atoms with van der Waals surface area (Å²) >= 11 is 5.96. The summed E-state index contributed by atoms with van der Waals surface area (Å²) in [5, 5.41) is 13.5. The second-order valence-electron chi connectivity index (χ2n) is 7.35. The molecule has 2 aliphatic rings. The van der Waals surface area contributed by atoms with Crippen molar-refractivity contribution in [2.24, 2.45) is 0 Å². The zero-order valence-electron chi connectivity index (χ0n) is 14.6. The molecular weight excluding hydrogens is 348 g/mol. The lowest BCUT2D eigenvalue weighted by Gasteiger charge is -2.39. The number of carbonyl (C=O) groups is 1. The first kappa shape index (κ1) is 17.4. The van der Waals surface area contributed by atoms with Crippen LogP contribution in [0.1, 0.15) is 41.6 Å². The summed E-state index contributed by atoms with van der Waals surface area (Å²) in [5.74, 6) is -0.276. The number of hydrogen-bond acceptors (Lipinski definition) is 3. The quantitative estimate of drug-likeness (QED) is 0.856. The molecule has 2 aromatic carbocycles. The van der Waals surface area contributed by atoms with Crippen molar-refractivity contribution in [3.05, 3.63) is 64.7 Å². The lowest BCUT2D eigenvalue weighted by molar-refractivity contribution is 0.0825. The highest BCUT2D eigenvalue weighted by Crippen LogP contribution is 2.37. The van der Waals surface area contributed by atoms with E-state index in [-0.39, 0.29) is 23.3 Å². The SMILES string of the molecule is O=C(NC1C[C@H]2CC[C@@H](C1)N2Cc1ccccc1)c1cc(Cl)ccc1O. The van der Waals surface area contributed by atoms with E-state index in [9.17, 15) is 9.90 Å². The normalized spacial score (nSPS) is 25.2. The van der Waals surface area contributed by atoms with Crippen LogP contribution in [0.4, 0.5) is 0 Å². The van der Waals surface area contributed by atoms with Crippen LogP contribution in [0.25, 0.3) is 0 Å². The number of phenols is 1. The minimum absolute atomic E-state index is 0.0311. The van der Waals surface area contributed by atoms with Crippen LogP contribution in [0.15, 0.2) is 48.5 Å². The lowest BCUT2D eigenvalue weighted by atomic mass is 9.96. The Hall–Kier alpha value is -2.04. The van der Waals surface area contributed by atoms with Gasteiger partial charge in [0.25, 0.3) is 5.91 Å². The molecule has 0 aromatic heterocycles. The smallest absolute Gasteiger partial charge is 0.255 e. The fourth-order valence-corrected chi connectivity index (χ4v) is 4.57. The Bertz CT molecular complexity index is 782. The van der Waals surface area contributed by atoms with E-state index >= 15 is 0 Å². The standard InChI is InChI=1S/C21H23ClN2O2/c22-15-6-9-20(25)19(10-15)21(26)23-16-11-17-7-8-18(12-16)24(17)13-14-4-2-1-3-5-14/h1-6,9-10,16-18,25H,7-8,11-13H2,(H,23,26)/t16?,17-,18+. The lowest BCUT2D eigenvalue weighted by Crippen LogP contribution is -2.50. The van der Waals surface area contributed by atoms with Crippen LogP contribution in [0, 0.1) is 0 Å². The second-order valence-corrected chi connectivity index (χ2v) is 7.78. The predicted molar refractivity (Wildman–Crippen MR) is 102 cm³/mol.